The molecular formula is C12H14ClNO3. The first-order chi connectivity index (χ1) is 7.91. The smallest absolute Gasteiger partial charge is 0.305 e. The first-order valence-corrected chi connectivity index (χ1v) is 5.55. The van der Waals surface area contributed by atoms with Crippen LogP contribution in [0.1, 0.15) is 18.9 Å². The Morgan fingerprint density at radius 2 is 2.06 bits per heavy atom. The lowest BCUT2D eigenvalue weighted by Gasteiger charge is -2.22. The number of aryl methyl sites for hydroxylation is 1. The maximum Gasteiger partial charge on any atom is 0.305 e. The van der Waals surface area contributed by atoms with Gasteiger partial charge in [0.25, 0.3) is 0 Å². The second-order valence-corrected chi connectivity index (χ2v) is 4.18. The highest BCUT2D eigenvalue weighted by Crippen LogP contribution is 2.24. The number of nitrogens with zero attached hydrogens (tertiary/aromatic N) is 1. The van der Waals surface area contributed by atoms with E-state index in [4.69, 9.17) is 16.7 Å². The highest BCUT2D eigenvalue weighted by Gasteiger charge is 2.15. The Kier molecular flexibility index (Phi) is 4.52. The summed E-state index contributed by atoms with van der Waals surface area (Å²) < 4.78 is 0. The van der Waals surface area contributed by atoms with E-state index in [1.807, 2.05) is 6.92 Å². The Bertz CT molecular complexity index is 445. The summed E-state index contributed by atoms with van der Waals surface area (Å²) in [6, 6.07) is 5.20. The van der Waals surface area contributed by atoms with E-state index in [0.717, 1.165) is 5.56 Å². The molecule has 0 aliphatic carbocycles. The van der Waals surface area contributed by atoms with E-state index in [0.29, 0.717) is 10.7 Å². The first kappa shape index (κ1) is 13.5. The molecule has 0 fully saturated rings. The van der Waals surface area contributed by atoms with Crippen LogP contribution < -0.4 is 4.90 Å². The van der Waals surface area contributed by atoms with E-state index in [1.165, 1.54) is 11.8 Å². The lowest BCUT2D eigenvalue weighted by atomic mass is 10.1. The second-order valence-electron chi connectivity index (χ2n) is 3.75. The van der Waals surface area contributed by atoms with Crippen molar-refractivity contribution in [3.8, 4) is 0 Å². The minimum atomic E-state index is -0.934. The number of benzene rings is 1. The molecule has 0 saturated carbocycles. The number of hydrogen-bond acceptors (Lipinski definition) is 2. The third-order valence-electron chi connectivity index (χ3n) is 2.39. The summed E-state index contributed by atoms with van der Waals surface area (Å²) in [6.45, 7) is 3.40. The Hall–Kier alpha value is -1.55. The largest absolute Gasteiger partial charge is 0.481 e. The van der Waals surface area contributed by atoms with Crippen molar-refractivity contribution in [2.45, 2.75) is 20.3 Å². The van der Waals surface area contributed by atoms with Gasteiger partial charge in [-0.2, -0.15) is 0 Å². The number of carboxylic acids is 1. The summed E-state index contributed by atoms with van der Waals surface area (Å²) in [5.41, 5.74) is 1.54. The fourth-order valence-electron chi connectivity index (χ4n) is 1.53. The summed E-state index contributed by atoms with van der Waals surface area (Å²) >= 11 is 5.87. The Labute approximate surface area is 105 Å². The van der Waals surface area contributed by atoms with Gasteiger partial charge in [0, 0.05) is 24.2 Å². The second kappa shape index (κ2) is 5.68. The number of rotatable bonds is 4. The minimum absolute atomic E-state index is 0.0917. The molecule has 0 radical (unpaired) electrons. The van der Waals surface area contributed by atoms with Crippen molar-refractivity contribution in [2.24, 2.45) is 0 Å². The molecule has 0 aliphatic rings. The molecule has 0 aromatic heterocycles. The molecular weight excluding hydrogens is 242 g/mol. The van der Waals surface area contributed by atoms with Crippen LogP contribution >= 0.6 is 11.6 Å². The van der Waals surface area contributed by atoms with Gasteiger partial charge in [-0.3, -0.25) is 9.59 Å². The van der Waals surface area contributed by atoms with Gasteiger partial charge in [0.2, 0.25) is 5.91 Å². The molecule has 17 heavy (non-hydrogen) atoms. The lowest BCUT2D eigenvalue weighted by molar-refractivity contribution is -0.136. The van der Waals surface area contributed by atoms with Crippen LogP contribution in [0.3, 0.4) is 0 Å². The van der Waals surface area contributed by atoms with E-state index in [9.17, 15) is 9.59 Å². The van der Waals surface area contributed by atoms with Gasteiger partial charge in [0.1, 0.15) is 0 Å². The van der Waals surface area contributed by atoms with Gasteiger partial charge in [0.15, 0.2) is 0 Å². The Morgan fingerprint density at radius 3 is 2.59 bits per heavy atom. The topological polar surface area (TPSA) is 57.6 Å². The molecule has 4 nitrogen and oxygen atoms in total. The van der Waals surface area contributed by atoms with Crippen LogP contribution in [-0.4, -0.2) is 23.5 Å². The molecule has 1 N–H and O–H groups in total. The molecule has 1 amide bonds. The van der Waals surface area contributed by atoms with Gasteiger partial charge in [-0.15, -0.1) is 0 Å². The quantitative estimate of drug-likeness (QED) is 0.899. The molecule has 1 aromatic carbocycles. The number of carboxylic acid groups (broad SMARTS) is 1. The number of carbonyl (C=O) groups is 2. The fourth-order valence-corrected chi connectivity index (χ4v) is 1.69. The van der Waals surface area contributed by atoms with Crippen molar-refractivity contribution in [3.63, 3.8) is 0 Å². The van der Waals surface area contributed by atoms with Crippen LogP contribution in [0.5, 0.6) is 0 Å². The number of aliphatic carboxylic acids is 1. The first-order valence-electron chi connectivity index (χ1n) is 5.18. The summed E-state index contributed by atoms with van der Waals surface area (Å²) in [5.74, 6) is -1.13. The van der Waals surface area contributed by atoms with Crippen molar-refractivity contribution in [1.29, 1.82) is 0 Å². The number of anilines is 1. The van der Waals surface area contributed by atoms with E-state index in [2.05, 4.69) is 0 Å². The highest BCUT2D eigenvalue weighted by atomic mass is 35.5. The monoisotopic (exact) mass is 255 g/mol. The Morgan fingerprint density at radius 1 is 1.41 bits per heavy atom. The molecule has 0 heterocycles. The molecule has 92 valence electrons. The van der Waals surface area contributed by atoms with Crippen molar-refractivity contribution >= 4 is 29.2 Å². The standard InChI is InChI=1S/C12H14ClNO3/c1-8-3-4-10(13)7-11(8)14(9(2)15)6-5-12(16)17/h3-4,7H,5-6H2,1-2H3,(H,16,17). The van der Waals surface area contributed by atoms with Crippen molar-refractivity contribution in [1.82, 2.24) is 0 Å². The summed E-state index contributed by atoms with van der Waals surface area (Å²) in [6.07, 6.45) is -0.0917. The normalized spacial score (nSPS) is 10.1. The highest BCUT2D eigenvalue weighted by molar-refractivity contribution is 6.31. The van der Waals surface area contributed by atoms with Crippen molar-refractivity contribution in [3.05, 3.63) is 28.8 Å². The molecule has 0 aliphatic heterocycles. The van der Waals surface area contributed by atoms with Crippen molar-refractivity contribution < 1.29 is 14.7 Å². The maximum atomic E-state index is 11.5. The van der Waals surface area contributed by atoms with Gasteiger partial charge in [0.05, 0.1) is 6.42 Å². The van der Waals surface area contributed by atoms with Gasteiger partial charge in [-0.05, 0) is 24.6 Å². The molecule has 1 aromatic rings. The zero-order chi connectivity index (χ0) is 13.0. The van der Waals surface area contributed by atoms with E-state index in [-0.39, 0.29) is 18.9 Å². The minimum Gasteiger partial charge on any atom is -0.481 e. The van der Waals surface area contributed by atoms with Crippen LogP contribution in [0.15, 0.2) is 18.2 Å². The lowest BCUT2D eigenvalue weighted by Crippen LogP contribution is -2.31. The van der Waals surface area contributed by atoms with Crippen LogP contribution in [0.2, 0.25) is 5.02 Å². The van der Waals surface area contributed by atoms with E-state index >= 15 is 0 Å². The molecule has 5 heteroatoms. The van der Waals surface area contributed by atoms with Crippen LogP contribution in [0.4, 0.5) is 5.69 Å². The molecule has 1 rings (SSSR count). The molecule has 0 atom stereocenters. The fraction of sp³-hybridized carbons (Fsp3) is 0.333. The van der Waals surface area contributed by atoms with Crippen LogP contribution in [0, 0.1) is 6.92 Å². The van der Waals surface area contributed by atoms with Crippen LogP contribution in [0.25, 0.3) is 0 Å². The molecule has 0 bridgehead atoms. The van der Waals surface area contributed by atoms with Gasteiger partial charge >= 0.3 is 5.97 Å². The Balaban J connectivity index is 3.00. The summed E-state index contributed by atoms with van der Waals surface area (Å²) in [4.78, 5) is 23.5. The number of amides is 1. The van der Waals surface area contributed by atoms with Crippen LogP contribution in [-0.2, 0) is 9.59 Å². The van der Waals surface area contributed by atoms with Gasteiger partial charge in [-0.1, -0.05) is 17.7 Å². The average molecular weight is 256 g/mol. The molecule has 0 spiro atoms. The predicted molar refractivity (Wildman–Crippen MR) is 66.5 cm³/mol. The molecule has 0 saturated heterocycles. The van der Waals surface area contributed by atoms with E-state index < -0.39 is 5.97 Å². The van der Waals surface area contributed by atoms with Gasteiger partial charge < -0.3 is 10.0 Å². The number of halogens is 1. The third-order valence-corrected chi connectivity index (χ3v) is 2.63. The SMILES string of the molecule is CC(=O)N(CCC(=O)O)c1cc(Cl)ccc1C. The average Bonchev–Trinajstić information content (AvgIpc) is 2.22. The predicted octanol–water partition coefficient (Wildman–Crippen LogP) is 2.48. The molecule has 0 unspecified atom stereocenters. The third kappa shape index (κ3) is 3.75. The maximum absolute atomic E-state index is 11.5. The zero-order valence-electron chi connectivity index (χ0n) is 9.74. The number of hydrogen-bond donors (Lipinski definition) is 1. The van der Waals surface area contributed by atoms with E-state index in [1.54, 1.807) is 18.2 Å². The summed E-state index contributed by atoms with van der Waals surface area (Å²) in [7, 11) is 0. The summed E-state index contributed by atoms with van der Waals surface area (Å²) in [5, 5.41) is 9.17. The van der Waals surface area contributed by atoms with Crippen molar-refractivity contribution in [2.75, 3.05) is 11.4 Å². The zero-order valence-corrected chi connectivity index (χ0v) is 10.5. The van der Waals surface area contributed by atoms with Gasteiger partial charge in [-0.25, -0.2) is 0 Å². The number of carbonyl (C=O) groups excluding carboxylic acids is 1.